The van der Waals surface area contributed by atoms with Gasteiger partial charge in [0.15, 0.2) is 11.5 Å². The van der Waals surface area contributed by atoms with Crippen molar-refractivity contribution in [2.75, 3.05) is 0 Å². The van der Waals surface area contributed by atoms with E-state index in [4.69, 9.17) is 0 Å². The molecule has 0 spiro atoms. The molecule has 9 heteroatoms. The molecule has 1 aliphatic rings. The van der Waals surface area contributed by atoms with Gasteiger partial charge in [0.1, 0.15) is 0 Å². The standard InChI is InChI=1S/C29H34N6O3/c1-2-8-25-26(28(36)37)34(18-17-20-9-4-3-5-10-20)29(38)35(25)19-21-13-15-22(16-14-21)23-11-6-7-12-24(23)27-30-32-33-31-27/h6-7,11-16,20H,2-5,8-10,17-19H2,1H3,(H,36,37)(H,30,31,32,33). The van der Waals surface area contributed by atoms with Crippen molar-refractivity contribution in [1.29, 1.82) is 0 Å². The van der Waals surface area contributed by atoms with Gasteiger partial charge in [-0.1, -0.05) is 94.0 Å². The van der Waals surface area contributed by atoms with Crippen molar-refractivity contribution in [2.45, 2.75) is 71.4 Å². The smallest absolute Gasteiger partial charge is 0.354 e. The van der Waals surface area contributed by atoms with E-state index in [1.165, 1.54) is 36.7 Å². The number of rotatable bonds is 10. The molecule has 0 saturated heterocycles. The quantitative estimate of drug-likeness (QED) is 0.302. The molecule has 2 aromatic carbocycles. The zero-order valence-electron chi connectivity index (χ0n) is 21.8. The summed E-state index contributed by atoms with van der Waals surface area (Å²) in [5.41, 5.74) is 4.36. The van der Waals surface area contributed by atoms with Crippen molar-refractivity contribution < 1.29 is 9.90 Å². The van der Waals surface area contributed by atoms with Crippen molar-refractivity contribution in [2.24, 2.45) is 5.92 Å². The van der Waals surface area contributed by atoms with Gasteiger partial charge in [-0.05, 0) is 45.9 Å². The number of aromatic amines is 1. The van der Waals surface area contributed by atoms with Crippen molar-refractivity contribution in [3.63, 3.8) is 0 Å². The van der Waals surface area contributed by atoms with E-state index in [0.717, 1.165) is 35.1 Å². The minimum atomic E-state index is -1.03. The first-order valence-corrected chi connectivity index (χ1v) is 13.5. The number of carboxylic acids is 1. The first-order valence-electron chi connectivity index (χ1n) is 13.5. The number of nitrogens with zero attached hydrogens (tertiary/aromatic N) is 5. The molecular formula is C29H34N6O3. The number of benzene rings is 2. The molecular weight excluding hydrogens is 480 g/mol. The number of aromatic carboxylic acids is 1. The monoisotopic (exact) mass is 514 g/mol. The molecule has 1 fully saturated rings. The van der Waals surface area contributed by atoms with Crippen LogP contribution in [0.15, 0.2) is 53.3 Å². The number of hydrogen-bond donors (Lipinski definition) is 2. The fraction of sp³-hybridized carbons (Fsp3) is 0.414. The fourth-order valence-corrected chi connectivity index (χ4v) is 5.71. The maximum atomic E-state index is 13.6. The summed E-state index contributed by atoms with van der Waals surface area (Å²) in [7, 11) is 0. The summed E-state index contributed by atoms with van der Waals surface area (Å²) in [6.45, 7) is 2.80. The van der Waals surface area contributed by atoms with Crippen LogP contribution in [0.2, 0.25) is 0 Å². The van der Waals surface area contributed by atoms with Crippen LogP contribution in [-0.2, 0) is 19.5 Å². The van der Waals surface area contributed by atoms with Gasteiger partial charge in [0.25, 0.3) is 0 Å². The van der Waals surface area contributed by atoms with Crippen LogP contribution >= 0.6 is 0 Å². The third-order valence-corrected chi connectivity index (χ3v) is 7.64. The molecule has 0 amide bonds. The number of carbonyl (C=O) groups is 1. The SMILES string of the molecule is CCCc1c(C(=O)O)n(CCC2CCCCC2)c(=O)n1Cc1ccc(-c2ccccc2-c2nnn[nH]2)cc1. The van der Waals surface area contributed by atoms with Crippen LogP contribution < -0.4 is 5.69 Å². The lowest BCUT2D eigenvalue weighted by atomic mass is 9.87. The molecule has 9 nitrogen and oxygen atoms in total. The van der Waals surface area contributed by atoms with Crippen LogP contribution in [-0.4, -0.2) is 40.8 Å². The van der Waals surface area contributed by atoms with E-state index in [9.17, 15) is 14.7 Å². The van der Waals surface area contributed by atoms with Crippen LogP contribution in [0, 0.1) is 5.92 Å². The van der Waals surface area contributed by atoms with Gasteiger partial charge in [-0.15, -0.1) is 5.10 Å². The Kier molecular flexibility index (Phi) is 7.81. The van der Waals surface area contributed by atoms with E-state index in [2.05, 4.69) is 20.6 Å². The predicted molar refractivity (Wildman–Crippen MR) is 145 cm³/mol. The van der Waals surface area contributed by atoms with E-state index in [0.29, 0.717) is 36.9 Å². The maximum absolute atomic E-state index is 13.6. The van der Waals surface area contributed by atoms with E-state index in [-0.39, 0.29) is 11.4 Å². The molecule has 1 saturated carbocycles. The lowest BCUT2D eigenvalue weighted by Gasteiger charge is -2.21. The first-order chi connectivity index (χ1) is 18.6. The van der Waals surface area contributed by atoms with Crippen molar-refractivity contribution in [1.82, 2.24) is 29.8 Å². The number of imidazole rings is 1. The zero-order chi connectivity index (χ0) is 26.5. The normalized spacial score (nSPS) is 14.1. The summed E-state index contributed by atoms with van der Waals surface area (Å²) in [6.07, 6.45) is 8.22. The Morgan fingerprint density at radius 2 is 1.76 bits per heavy atom. The molecule has 4 aromatic rings. The Balaban J connectivity index is 1.43. The van der Waals surface area contributed by atoms with E-state index in [1.54, 1.807) is 4.57 Å². The van der Waals surface area contributed by atoms with Crippen molar-refractivity contribution in [3.8, 4) is 22.5 Å². The number of nitrogens with one attached hydrogen (secondary N) is 1. The third kappa shape index (κ3) is 5.32. The molecule has 38 heavy (non-hydrogen) atoms. The second kappa shape index (κ2) is 11.6. The van der Waals surface area contributed by atoms with Gasteiger partial charge in [0.05, 0.1) is 12.2 Å². The number of H-pyrrole nitrogens is 1. The fourth-order valence-electron chi connectivity index (χ4n) is 5.71. The molecule has 0 aliphatic heterocycles. The molecule has 1 aliphatic carbocycles. The molecule has 5 rings (SSSR count). The third-order valence-electron chi connectivity index (χ3n) is 7.64. The Labute approximate surface area is 221 Å². The average molecular weight is 515 g/mol. The highest BCUT2D eigenvalue weighted by molar-refractivity contribution is 5.87. The Hall–Kier alpha value is -4.01. The predicted octanol–water partition coefficient (Wildman–Crippen LogP) is 5.17. The topological polar surface area (TPSA) is 119 Å². The summed E-state index contributed by atoms with van der Waals surface area (Å²) in [5.74, 6) is 0.136. The van der Waals surface area contributed by atoms with E-state index < -0.39 is 5.97 Å². The number of hydrogen-bond acceptors (Lipinski definition) is 5. The lowest BCUT2D eigenvalue weighted by molar-refractivity contribution is 0.0682. The summed E-state index contributed by atoms with van der Waals surface area (Å²) in [5, 5.41) is 24.3. The molecule has 0 atom stereocenters. The van der Waals surface area contributed by atoms with Gasteiger partial charge in [0, 0.05) is 12.1 Å². The second-order valence-electron chi connectivity index (χ2n) is 10.2. The Bertz CT molecular complexity index is 1430. The number of tetrazole rings is 1. The van der Waals surface area contributed by atoms with Crippen LogP contribution in [0.4, 0.5) is 0 Å². The van der Waals surface area contributed by atoms with Crippen LogP contribution in [0.1, 0.15) is 73.6 Å². The van der Waals surface area contributed by atoms with Gasteiger partial charge >= 0.3 is 11.7 Å². The van der Waals surface area contributed by atoms with Crippen LogP contribution in [0.25, 0.3) is 22.5 Å². The van der Waals surface area contributed by atoms with Gasteiger partial charge in [0.2, 0.25) is 0 Å². The highest BCUT2D eigenvalue weighted by Crippen LogP contribution is 2.30. The molecule has 2 aromatic heterocycles. The highest BCUT2D eigenvalue weighted by Gasteiger charge is 2.25. The maximum Gasteiger partial charge on any atom is 0.354 e. The minimum absolute atomic E-state index is 0.152. The van der Waals surface area contributed by atoms with E-state index >= 15 is 0 Å². The second-order valence-corrected chi connectivity index (χ2v) is 10.2. The largest absolute Gasteiger partial charge is 0.477 e. The van der Waals surface area contributed by atoms with Gasteiger partial charge < -0.3 is 5.11 Å². The Morgan fingerprint density at radius 1 is 1.03 bits per heavy atom. The highest BCUT2D eigenvalue weighted by atomic mass is 16.4. The molecule has 0 radical (unpaired) electrons. The first kappa shape index (κ1) is 25.6. The number of aromatic nitrogens is 6. The average Bonchev–Trinajstić information content (AvgIpc) is 3.56. The summed E-state index contributed by atoms with van der Waals surface area (Å²) in [4.78, 5) is 25.9. The van der Waals surface area contributed by atoms with Gasteiger partial charge in [-0.3, -0.25) is 9.13 Å². The summed E-state index contributed by atoms with van der Waals surface area (Å²) < 4.78 is 3.18. The zero-order valence-corrected chi connectivity index (χ0v) is 21.8. The minimum Gasteiger partial charge on any atom is -0.477 e. The lowest BCUT2D eigenvalue weighted by Crippen LogP contribution is -2.27. The van der Waals surface area contributed by atoms with Crippen molar-refractivity contribution >= 4 is 5.97 Å². The van der Waals surface area contributed by atoms with Crippen LogP contribution in [0.5, 0.6) is 0 Å². The molecule has 198 valence electrons. The molecule has 0 unspecified atom stereocenters. The van der Waals surface area contributed by atoms with Crippen LogP contribution in [0.3, 0.4) is 0 Å². The summed E-state index contributed by atoms with van der Waals surface area (Å²) in [6, 6.07) is 15.9. The summed E-state index contributed by atoms with van der Waals surface area (Å²) >= 11 is 0. The molecule has 0 bridgehead atoms. The Morgan fingerprint density at radius 3 is 2.42 bits per heavy atom. The van der Waals surface area contributed by atoms with E-state index in [1.807, 2.05) is 55.5 Å². The molecule has 2 heterocycles. The van der Waals surface area contributed by atoms with Crippen molar-refractivity contribution in [3.05, 3.63) is 76.0 Å². The van der Waals surface area contributed by atoms with Gasteiger partial charge in [-0.25, -0.2) is 14.7 Å². The number of carboxylic acid groups (broad SMARTS) is 1. The molecule has 2 N–H and O–H groups in total. The van der Waals surface area contributed by atoms with Gasteiger partial charge in [-0.2, -0.15) is 0 Å².